The predicted octanol–water partition coefficient (Wildman–Crippen LogP) is 6.25. The maximum atomic E-state index is 5.98. The van der Waals surface area contributed by atoms with Crippen molar-refractivity contribution in [1.29, 1.82) is 0 Å². The number of unbranched alkanes of at least 4 members (excludes halogenated alkanes) is 2. The molecule has 1 N–H and O–H groups in total. The number of rotatable bonds is 16. The van der Waals surface area contributed by atoms with Gasteiger partial charge in [0.1, 0.15) is 23.2 Å². The number of aliphatic imine (C=N–C) groups is 4. The lowest BCUT2D eigenvalue weighted by Gasteiger charge is -2.34. The van der Waals surface area contributed by atoms with Gasteiger partial charge in [-0.25, -0.2) is 20.0 Å². The highest BCUT2D eigenvalue weighted by molar-refractivity contribution is 5.97. The molecular formula is C32H59N5O4. The fraction of sp³-hybridized carbons (Fsp3) is 0.875. The first-order chi connectivity index (χ1) is 19.5. The maximum absolute atomic E-state index is 5.98. The van der Waals surface area contributed by atoms with Crippen LogP contribution in [0.5, 0.6) is 0 Å². The summed E-state index contributed by atoms with van der Waals surface area (Å²) in [6.07, 6.45) is 5.96. The van der Waals surface area contributed by atoms with Gasteiger partial charge in [-0.3, -0.25) is 0 Å². The lowest BCUT2D eigenvalue weighted by molar-refractivity contribution is 0.254. The first-order valence-corrected chi connectivity index (χ1v) is 16.1. The molecule has 0 unspecified atom stereocenters. The topological polar surface area (TPSA) is 98.4 Å². The Balaban J connectivity index is 1.82. The minimum atomic E-state index is -0.476. The van der Waals surface area contributed by atoms with E-state index < -0.39 is 11.1 Å². The molecule has 0 radical (unpaired) electrons. The first-order valence-electron chi connectivity index (χ1n) is 16.1. The van der Waals surface area contributed by atoms with Gasteiger partial charge in [0.25, 0.3) is 0 Å². The quantitative estimate of drug-likeness (QED) is 0.219. The Morgan fingerprint density at radius 3 is 1.29 bits per heavy atom. The van der Waals surface area contributed by atoms with Gasteiger partial charge in [-0.1, -0.05) is 27.7 Å². The van der Waals surface area contributed by atoms with Crippen LogP contribution in [0.2, 0.25) is 0 Å². The van der Waals surface area contributed by atoms with Gasteiger partial charge in [0.15, 0.2) is 0 Å². The van der Waals surface area contributed by atoms with Crippen LogP contribution >= 0.6 is 0 Å². The zero-order chi connectivity index (χ0) is 30.5. The zero-order valence-electron chi connectivity index (χ0n) is 27.7. The third-order valence-electron chi connectivity index (χ3n) is 7.60. The van der Waals surface area contributed by atoms with E-state index in [-0.39, 0.29) is 12.1 Å². The van der Waals surface area contributed by atoms with Crippen LogP contribution in [0, 0.1) is 11.8 Å². The van der Waals surface area contributed by atoms with Gasteiger partial charge in [0.05, 0.1) is 26.4 Å². The Hall–Kier alpha value is -2.16. The number of hydrogen-bond donors (Lipinski definition) is 1. The van der Waals surface area contributed by atoms with Crippen LogP contribution in [0.1, 0.15) is 108 Å². The lowest BCUT2D eigenvalue weighted by Crippen LogP contribution is -2.45. The molecule has 0 aromatic heterocycles. The van der Waals surface area contributed by atoms with Gasteiger partial charge >= 0.3 is 0 Å². The van der Waals surface area contributed by atoms with Crippen molar-refractivity contribution >= 4 is 23.6 Å². The molecule has 0 amide bonds. The summed E-state index contributed by atoms with van der Waals surface area (Å²) in [4.78, 5) is 20.0. The Morgan fingerprint density at radius 2 is 0.976 bits per heavy atom. The van der Waals surface area contributed by atoms with Crippen LogP contribution in [0.15, 0.2) is 20.0 Å². The van der Waals surface area contributed by atoms with Crippen molar-refractivity contribution in [2.45, 2.75) is 131 Å². The normalized spacial score (nSPS) is 26.3. The van der Waals surface area contributed by atoms with E-state index in [2.05, 4.69) is 46.9 Å². The smallest absolute Gasteiger partial charge is 0.212 e. The van der Waals surface area contributed by atoms with E-state index in [0.29, 0.717) is 38.3 Å². The summed E-state index contributed by atoms with van der Waals surface area (Å²) in [6, 6.07) is -0.155. The molecule has 0 bridgehead atoms. The van der Waals surface area contributed by atoms with Crippen molar-refractivity contribution in [2.24, 2.45) is 31.8 Å². The fourth-order valence-electron chi connectivity index (χ4n) is 5.30. The maximum Gasteiger partial charge on any atom is 0.212 e. The van der Waals surface area contributed by atoms with E-state index in [1.54, 1.807) is 0 Å². The van der Waals surface area contributed by atoms with Crippen molar-refractivity contribution in [3.63, 3.8) is 0 Å². The molecule has 2 heterocycles. The highest BCUT2D eigenvalue weighted by Crippen LogP contribution is 2.30. The second-order valence-corrected chi connectivity index (χ2v) is 12.1. The Bertz CT molecular complexity index is 844. The van der Waals surface area contributed by atoms with E-state index in [1.165, 1.54) is 0 Å². The van der Waals surface area contributed by atoms with E-state index in [0.717, 1.165) is 75.2 Å². The van der Waals surface area contributed by atoms with Crippen molar-refractivity contribution in [1.82, 2.24) is 5.32 Å². The van der Waals surface area contributed by atoms with Gasteiger partial charge in [-0.05, 0) is 105 Å². The van der Waals surface area contributed by atoms with E-state index in [9.17, 15) is 0 Å². The molecule has 9 heteroatoms. The van der Waals surface area contributed by atoms with Crippen molar-refractivity contribution in [2.75, 3.05) is 39.5 Å². The summed E-state index contributed by atoms with van der Waals surface area (Å²) >= 11 is 0. The molecule has 4 atom stereocenters. The van der Waals surface area contributed by atoms with Crippen LogP contribution in [0.25, 0.3) is 0 Å². The standard InChI is InChI=1S/C32H59N5O4/c1-11-38-27-25(23(5)6)34-29(40-13-3)31(9,36-27)19-15-17-21-33-22-18-16-20-32(10)30(41-14-4)35-26(24(7)8)28(37-32)39-12-2/h23-26,33H,11-22H2,1-10H3/t25-,26-,31+,32+/m1/s1. The summed E-state index contributed by atoms with van der Waals surface area (Å²) < 4.78 is 23.8. The summed E-state index contributed by atoms with van der Waals surface area (Å²) in [7, 11) is 0. The van der Waals surface area contributed by atoms with Crippen LogP contribution in [-0.2, 0) is 18.9 Å². The molecule has 41 heavy (non-hydrogen) atoms. The van der Waals surface area contributed by atoms with Gasteiger partial charge < -0.3 is 24.3 Å². The average Bonchev–Trinajstić information content (AvgIpc) is 2.91. The zero-order valence-corrected chi connectivity index (χ0v) is 27.7. The van der Waals surface area contributed by atoms with Gasteiger partial charge in [0.2, 0.25) is 23.6 Å². The fourth-order valence-corrected chi connectivity index (χ4v) is 5.30. The molecule has 0 aliphatic carbocycles. The van der Waals surface area contributed by atoms with E-state index in [1.807, 2.05) is 27.7 Å². The summed E-state index contributed by atoms with van der Waals surface area (Å²) in [5, 5.41) is 3.62. The molecular weight excluding hydrogens is 518 g/mol. The molecule has 2 aliphatic heterocycles. The number of nitrogens with one attached hydrogen (secondary N) is 1. The predicted molar refractivity (Wildman–Crippen MR) is 171 cm³/mol. The molecule has 0 fully saturated rings. The molecule has 0 aromatic carbocycles. The van der Waals surface area contributed by atoms with Gasteiger partial charge in [-0.15, -0.1) is 0 Å². The van der Waals surface area contributed by atoms with Crippen LogP contribution < -0.4 is 5.32 Å². The van der Waals surface area contributed by atoms with Crippen molar-refractivity contribution < 1.29 is 18.9 Å². The Labute approximate surface area is 250 Å². The summed E-state index contributed by atoms with van der Waals surface area (Å²) in [6.45, 7) is 25.2. The summed E-state index contributed by atoms with van der Waals surface area (Å²) in [5.41, 5.74) is -0.951. The van der Waals surface area contributed by atoms with Crippen molar-refractivity contribution in [3.05, 3.63) is 0 Å². The van der Waals surface area contributed by atoms with Gasteiger partial charge in [-0.2, -0.15) is 0 Å². The number of hydrogen-bond acceptors (Lipinski definition) is 9. The molecule has 0 saturated heterocycles. The molecule has 0 saturated carbocycles. The van der Waals surface area contributed by atoms with Crippen LogP contribution in [0.4, 0.5) is 0 Å². The minimum absolute atomic E-state index is 0.0777. The molecule has 9 nitrogen and oxygen atoms in total. The van der Waals surface area contributed by atoms with E-state index in [4.69, 9.17) is 38.9 Å². The summed E-state index contributed by atoms with van der Waals surface area (Å²) in [5.74, 6) is 3.59. The third kappa shape index (κ3) is 9.97. The Morgan fingerprint density at radius 1 is 0.610 bits per heavy atom. The second-order valence-electron chi connectivity index (χ2n) is 12.1. The van der Waals surface area contributed by atoms with Crippen LogP contribution in [-0.4, -0.2) is 86.3 Å². The average molecular weight is 578 g/mol. The monoisotopic (exact) mass is 577 g/mol. The van der Waals surface area contributed by atoms with Crippen LogP contribution in [0.3, 0.4) is 0 Å². The number of ether oxygens (including phenoxy) is 4. The molecule has 2 aliphatic rings. The van der Waals surface area contributed by atoms with Gasteiger partial charge in [0, 0.05) is 0 Å². The highest BCUT2D eigenvalue weighted by Gasteiger charge is 2.41. The first kappa shape index (κ1) is 35.0. The minimum Gasteiger partial charge on any atom is -0.480 e. The molecule has 2 rings (SSSR count). The molecule has 236 valence electrons. The SMILES string of the molecule is CCOC1=N[C@@](C)(CCCCNCCCC[C@]2(C)N=C(OCC)[C@@H](C(C)C)N=C2OCC)C(OCC)=N[C@@H]1C(C)C. The second kappa shape index (κ2) is 17.1. The molecule has 0 aromatic rings. The molecule has 0 spiro atoms. The lowest BCUT2D eigenvalue weighted by atomic mass is 9.91. The van der Waals surface area contributed by atoms with Crippen molar-refractivity contribution in [3.8, 4) is 0 Å². The third-order valence-corrected chi connectivity index (χ3v) is 7.60. The number of nitrogens with zero attached hydrogens (tertiary/aromatic N) is 4. The largest absolute Gasteiger partial charge is 0.480 e. The highest BCUT2D eigenvalue weighted by atomic mass is 16.5. The Kier molecular flexibility index (Phi) is 14.6. The van der Waals surface area contributed by atoms with E-state index >= 15 is 0 Å².